The van der Waals surface area contributed by atoms with Crippen molar-refractivity contribution in [3.8, 4) is 6.19 Å². The van der Waals surface area contributed by atoms with Crippen LogP contribution in [0, 0.1) is 16.7 Å². The number of carbonyl (C=O) groups excluding carboxylic acids is 1. The number of aromatic nitrogens is 1. The third-order valence-electron chi connectivity index (χ3n) is 3.91. The van der Waals surface area contributed by atoms with Gasteiger partial charge in [-0.25, -0.2) is 10.2 Å². The summed E-state index contributed by atoms with van der Waals surface area (Å²) < 4.78 is 0. The molecule has 1 aromatic carbocycles. The molecular weight excluding hydrogens is 346 g/mol. The maximum atomic E-state index is 12.3. The Morgan fingerprint density at radius 1 is 1.33 bits per heavy atom. The van der Waals surface area contributed by atoms with Gasteiger partial charge in [-0.05, 0) is 30.2 Å². The first-order valence-electron chi connectivity index (χ1n) is 8.49. The fourth-order valence-corrected chi connectivity index (χ4v) is 2.49. The molecule has 2 aromatic rings. The summed E-state index contributed by atoms with van der Waals surface area (Å²) in [7, 11) is 0. The molecule has 1 unspecified atom stereocenters. The monoisotopic (exact) mass is 369 g/mol. The highest BCUT2D eigenvalue weighted by Crippen LogP contribution is 2.24. The van der Waals surface area contributed by atoms with Crippen molar-refractivity contribution in [2.24, 2.45) is 0 Å². The Morgan fingerprint density at radius 2 is 2.04 bits per heavy atom. The highest BCUT2D eigenvalue weighted by Gasteiger charge is 2.18. The highest BCUT2D eigenvalue weighted by atomic mass is 16.8. The Morgan fingerprint density at radius 3 is 2.67 bits per heavy atom. The minimum atomic E-state index is -1.10. The predicted molar refractivity (Wildman–Crippen MR) is 101 cm³/mol. The Balaban J connectivity index is 2.11. The summed E-state index contributed by atoms with van der Waals surface area (Å²) in [5.74, 6) is 0.157. The number of nitrogens with one attached hydrogen (secondary N) is 3. The quantitative estimate of drug-likeness (QED) is 0.351. The van der Waals surface area contributed by atoms with Crippen molar-refractivity contribution in [2.45, 2.75) is 39.0 Å². The lowest BCUT2D eigenvalue weighted by Gasteiger charge is -2.19. The molecule has 8 heteroatoms. The Bertz CT molecular complexity index is 853. The molecule has 1 amide bonds. The van der Waals surface area contributed by atoms with Crippen molar-refractivity contribution < 1.29 is 15.2 Å². The van der Waals surface area contributed by atoms with Crippen LogP contribution in [0.15, 0.2) is 36.4 Å². The number of anilines is 2. The van der Waals surface area contributed by atoms with Gasteiger partial charge < -0.3 is 10.5 Å². The molecule has 1 heterocycles. The Hall–Kier alpha value is -2.99. The molecule has 4 N–H and O–H groups in total. The molecule has 0 fully saturated rings. The van der Waals surface area contributed by atoms with Gasteiger partial charge in [0.15, 0.2) is 11.9 Å². The van der Waals surface area contributed by atoms with Crippen LogP contribution in [0.3, 0.4) is 0 Å². The molecule has 27 heavy (non-hydrogen) atoms. The van der Waals surface area contributed by atoms with Crippen molar-refractivity contribution >= 4 is 23.1 Å². The molecule has 1 aromatic heterocycles. The second-order valence-electron chi connectivity index (χ2n) is 7.13. The van der Waals surface area contributed by atoms with E-state index in [9.17, 15) is 15.2 Å². The van der Waals surface area contributed by atoms with E-state index in [0.717, 1.165) is 11.3 Å². The number of aryl methyl sites for hydroxylation is 1. The van der Waals surface area contributed by atoms with Crippen molar-refractivity contribution in [1.29, 1.82) is 5.26 Å². The summed E-state index contributed by atoms with van der Waals surface area (Å²) in [4.78, 5) is 16.7. The van der Waals surface area contributed by atoms with Crippen LogP contribution in [0.5, 0.6) is 0 Å². The van der Waals surface area contributed by atoms with Gasteiger partial charge in [0.2, 0.25) is 5.91 Å². The van der Waals surface area contributed by atoms with Crippen LogP contribution < -0.4 is 15.9 Å². The number of amides is 1. The molecule has 0 aliphatic carbocycles. The Labute approximate surface area is 158 Å². The van der Waals surface area contributed by atoms with E-state index in [0.29, 0.717) is 12.2 Å². The first-order chi connectivity index (χ1) is 12.7. The normalized spacial score (nSPS) is 12.1. The summed E-state index contributed by atoms with van der Waals surface area (Å²) in [6.07, 6.45) is 2.47. The Kier molecular flexibility index (Phi) is 6.47. The number of benzene rings is 1. The number of quaternary nitrogens is 1. The van der Waals surface area contributed by atoms with E-state index in [1.165, 1.54) is 6.07 Å². The molecule has 2 rings (SSSR count). The molecule has 0 radical (unpaired) electrons. The standard InChI is InChI=1S/C19H23N5O3/c1-19(2,3)16-10-13(11-17(23-16)21-12-20)8-9-18(25)22-14-6-4-5-7-15(14)24(26)27/h4-7,10-11,24,26H,8-9H2,1-3H3,(H,21,23)(H,22,25). The number of carbonyl (C=O) groups is 1. The lowest BCUT2D eigenvalue weighted by Crippen LogP contribution is -2.99. The maximum absolute atomic E-state index is 12.3. The topological polar surface area (TPSA) is 126 Å². The fourth-order valence-electron chi connectivity index (χ4n) is 2.49. The van der Waals surface area contributed by atoms with E-state index in [1.54, 1.807) is 24.3 Å². The van der Waals surface area contributed by atoms with Crippen LogP contribution in [-0.2, 0) is 16.6 Å². The van der Waals surface area contributed by atoms with Crippen LogP contribution in [0.4, 0.5) is 17.2 Å². The molecular formula is C19H23N5O3. The van der Waals surface area contributed by atoms with Gasteiger partial charge in [-0.2, -0.15) is 10.5 Å². The summed E-state index contributed by atoms with van der Waals surface area (Å²) in [5.41, 5.74) is 1.80. The number of para-hydroxylation sites is 2. The van der Waals surface area contributed by atoms with E-state index < -0.39 is 5.23 Å². The smallest absolute Gasteiger partial charge is 0.224 e. The predicted octanol–water partition coefficient (Wildman–Crippen LogP) is 2.25. The SMILES string of the molecule is CC(C)(C)c1cc(CCC(=O)Nc2ccccc2[NH+]([O-])O)cc(NC#N)n1. The largest absolute Gasteiger partial charge is 0.595 e. The van der Waals surface area contributed by atoms with Gasteiger partial charge in [0, 0.05) is 23.6 Å². The summed E-state index contributed by atoms with van der Waals surface area (Å²) >= 11 is 0. The van der Waals surface area contributed by atoms with Gasteiger partial charge in [-0.3, -0.25) is 10.1 Å². The van der Waals surface area contributed by atoms with E-state index in [1.807, 2.05) is 33.0 Å². The molecule has 1 atom stereocenters. The lowest BCUT2D eigenvalue weighted by atomic mass is 9.90. The molecule has 0 aliphatic rings. The number of hydrogen-bond donors (Lipinski definition) is 4. The second-order valence-corrected chi connectivity index (χ2v) is 7.13. The van der Waals surface area contributed by atoms with E-state index in [2.05, 4.69) is 15.6 Å². The summed E-state index contributed by atoms with van der Waals surface area (Å²) in [5, 5.41) is 33.3. The molecule has 0 spiro atoms. The zero-order chi connectivity index (χ0) is 20.0. The zero-order valence-corrected chi connectivity index (χ0v) is 15.5. The van der Waals surface area contributed by atoms with E-state index >= 15 is 0 Å². The van der Waals surface area contributed by atoms with Crippen molar-refractivity contribution in [2.75, 3.05) is 10.6 Å². The van der Waals surface area contributed by atoms with Crippen LogP contribution >= 0.6 is 0 Å². The van der Waals surface area contributed by atoms with E-state index in [-0.39, 0.29) is 29.1 Å². The molecule has 0 aliphatic heterocycles. The van der Waals surface area contributed by atoms with E-state index in [4.69, 9.17) is 5.26 Å². The van der Waals surface area contributed by atoms with Gasteiger partial charge in [0.25, 0.3) is 0 Å². The third kappa shape index (κ3) is 5.76. The van der Waals surface area contributed by atoms with Gasteiger partial charge >= 0.3 is 0 Å². The lowest BCUT2D eigenvalue weighted by molar-refractivity contribution is -0.990. The van der Waals surface area contributed by atoms with Crippen molar-refractivity contribution in [3.63, 3.8) is 0 Å². The van der Waals surface area contributed by atoms with Crippen LogP contribution in [-0.4, -0.2) is 16.1 Å². The van der Waals surface area contributed by atoms with Crippen LogP contribution in [0.2, 0.25) is 0 Å². The molecule has 142 valence electrons. The summed E-state index contributed by atoms with van der Waals surface area (Å²) in [6, 6.07) is 9.92. The number of hydrogen-bond acceptors (Lipinski definition) is 6. The molecule has 0 saturated heterocycles. The van der Waals surface area contributed by atoms with Crippen LogP contribution in [0.25, 0.3) is 0 Å². The van der Waals surface area contributed by atoms with Gasteiger partial charge in [-0.1, -0.05) is 32.9 Å². The molecule has 0 bridgehead atoms. The van der Waals surface area contributed by atoms with Crippen molar-refractivity contribution in [1.82, 2.24) is 4.98 Å². The van der Waals surface area contributed by atoms with Gasteiger partial charge in [-0.15, -0.1) is 0 Å². The zero-order valence-electron chi connectivity index (χ0n) is 15.5. The number of pyridine rings is 1. The average Bonchev–Trinajstić information content (AvgIpc) is 2.59. The molecule has 8 nitrogen and oxygen atoms in total. The maximum Gasteiger partial charge on any atom is 0.224 e. The highest BCUT2D eigenvalue weighted by molar-refractivity contribution is 5.93. The van der Waals surface area contributed by atoms with Gasteiger partial charge in [0.1, 0.15) is 11.5 Å². The first kappa shape index (κ1) is 20.3. The average molecular weight is 369 g/mol. The number of nitrogens with zero attached hydrogens (tertiary/aromatic N) is 2. The summed E-state index contributed by atoms with van der Waals surface area (Å²) in [6.45, 7) is 6.06. The van der Waals surface area contributed by atoms with Crippen LogP contribution in [0.1, 0.15) is 38.4 Å². The minimum Gasteiger partial charge on any atom is -0.595 e. The van der Waals surface area contributed by atoms with Gasteiger partial charge in [0.05, 0.1) is 0 Å². The number of nitriles is 1. The first-order valence-corrected chi connectivity index (χ1v) is 8.49. The molecule has 0 saturated carbocycles. The minimum absolute atomic E-state index is 0.0466. The second kappa shape index (κ2) is 8.60. The fraction of sp³-hybridized carbons (Fsp3) is 0.316. The third-order valence-corrected chi connectivity index (χ3v) is 3.91. The number of rotatable bonds is 6. The van der Waals surface area contributed by atoms with Crippen molar-refractivity contribution in [3.05, 3.63) is 52.9 Å².